The van der Waals surface area contributed by atoms with E-state index in [0.29, 0.717) is 6.54 Å². The summed E-state index contributed by atoms with van der Waals surface area (Å²) in [5, 5.41) is 8.76. The number of fused-ring (bicyclic) bond motifs is 3. The van der Waals surface area contributed by atoms with Gasteiger partial charge in [0.1, 0.15) is 6.54 Å². The van der Waals surface area contributed by atoms with Crippen LogP contribution in [0.3, 0.4) is 0 Å². The summed E-state index contributed by atoms with van der Waals surface area (Å²) < 4.78 is 2.15. The highest BCUT2D eigenvalue weighted by Crippen LogP contribution is 2.34. The number of hydrogen-bond donors (Lipinski definition) is 0. The highest BCUT2D eigenvalue weighted by Gasteiger charge is 2.26. The van der Waals surface area contributed by atoms with E-state index in [1.54, 1.807) is 0 Å². The van der Waals surface area contributed by atoms with Gasteiger partial charge in [-0.2, -0.15) is 0 Å². The molecule has 4 nitrogen and oxygen atoms in total. The molecule has 32 heavy (non-hydrogen) atoms. The highest BCUT2D eigenvalue weighted by molar-refractivity contribution is 7.99. The van der Waals surface area contributed by atoms with Crippen LogP contribution in [0.5, 0.6) is 0 Å². The van der Waals surface area contributed by atoms with Crippen molar-refractivity contribution in [2.75, 3.05) is 5.75 Å². The second-order valence-electron chi connectivity index (χ2n) is 8.08. The molecule has 0 radical (unpaired) electrons. The molecule has 0 saturated heterocycles. The second-order valence-corrected chi connectivity index (χ2v) is 9.77. The van der Waals surface area contributed by atoms with E-state index in [4.69, 9.17) is 16.6 Å². The van der Waals surface area contributed by atoms with E-state index in [1.807, 2.05) is 11.8 Å². The summed E-state index contributed by atoms with van der Waals surface area (Å²) in [5.41, 5.74) is 7.13. The average molecular weight is 467 g/mol. The van der Waals surface area contributed by atoms with Gasteiger partial charge in [-0.1, -0.05) is 45.9 Å². The molecule has 0 N–H and O–H groups in total. The summed E-state index contributed by atoms with van der Waals surface area (Å²) in [6.07, 6.45) is 3.94. The van der Waals surface area contributed by atoms with Crippen LogP contribution in [-0.2, 0) is 19.4 Å². The lowest BCUT2D eigenvalue weighted by Crippen LogP contribution is -2.12. The number of aromatic nitrogens is 3. The molecular formula is C26H31ClN4S. The van der Waals surface area contributed by atoms with E-state index in [1.165, 1.54) is 21.6 Å². The predicted molar refractivity (Wildman–Crippen MR) is 136 cm³/mol. The van der Waals surface area contributed by atoms with Crippen LogP contribution in [0.1, 0.15) is 79.8 Å². The van der Waals surface area contributed by atoms with Crippen LogP contribution in [0.2, 0.25) is 0 Å². The molecule has 1 atom stereocenters. The third kappa shape index (κ3) is 4.38. The van der Waals surface area contributed by atoms with E-state index < -0.39 is 0 Å². The van der Waals surface area contributed by atoms with Gasteiger partial charge in [0.25, 0.3) is 0 Å². The number of thioether (sulfide) groups is 1. The Morgan fingerprint density at radius 3 is 2.53 bits per heavy atom. The summed E-state index contributed by atoms with van der Waals surface area (Å²) in [5.74, 6) is 2.74. The first-order chi connectivity index (χ1) is 15.6. The van der Waals surface area contributed by atoms with Gasteiger partial charge in [0.2, 0.25) is 0 Å². The molecule has 1 aromatic heterocycles. The lowest BCUT2D eigenvalue weighted by molar-refractivity contribution is 0.764. The fourth-order valence-corrected chi connectivity index (χ4v) is 5.08. The van der Waals surface area contributed by atoms with Crippen molar-refractivity contribution in [3.8, 4) is 5.69 Å². The van der Waals surface area contributed by atoms with Gasteiger partial charge in [-0.05, 0) is 60.8 Å². The van der Waals surface area contributed by atoms with Gasteiger partial charge in [-0.3, -0.25) is 9.56 Å². The van der Waals surface area contributed by atoms with Crippen molar-refractivity contribution in [2.45, 2.75) is 70.2 Å². The van der Waals surface area contributed by atoms with E-state index in [2.05, 4.69) is 78.9 Å². The summed E-state index contributed by atoms with van der Waals surface area (Å²) in [6, 6.07) is 13.5. The van der Waals surface area contributed by atoms with Gasteiger partial charge in [-0.15, -0.1) is 33.6 Å². The monoisotopic (exact) mass is 466 g/mol. The highest BCUT2D eigenvalue weighted by atomic mass is 35.5. The topological polar surface area (TPSA) is 43.1 Å². The first-order valence-corrected chi connectivity index (χ1v) is 13.1. The molecule has 1 unspecified atom stereocenters. The molecule has 168 valence electrons. The lowest BCUT2D eigenvalue weighted by atomic mass is 9.93. The van der Waals surface area contributed by atoms with Crippen molar-refractivity contribution in [1.29, 1.82) is 0 Å². The summed E-state index contributed by atoms with van der Waals surface area (Å²) in [4.78, 5) is 6.32. The predicted octanol–water partition coefficient (Wildman–Crippen LogP) is 6.94. The zero-order valence-corrected chi connectivity index (χ0v) is 20.9. The number of halogens is 1. The molecule has 0 amide bonds. The van der Waals surface area contributed by atoms with E-state index in [0.717, 1.165) is 60.0 Å². The molecule has 4 rings (SSSR count). The zero-order valence-electron chi connectivity index (χ0n) is 19.4. The fourth-order valence-electron chi connectivity index (χ4n) is 4.14. The van der Waals surface area contributed by atoms with Crippen molar-refractivity contribution in [1.82, 2.24) is 14.8 Å². The number of aliphatic imine (C=N–C) groups is 1. The average Bonchev–Trinajstić information content (AvgIpc) is 3.19. The number of alkyl halides is 1. The molecule has 1 aliphatic rings. The molecule has 0 saturated carbocycles. The lowest BCUT2D eigenvalue weighted by Gasteiger charge is -2.18. The Labute approximate surface area is 200 Å². The van der Waals surface area contributed by atoms with Crippen molar-refractivity contribution >= 4 is 29.1 Å². The summed E-state index contributed by atoms with van der Waals surface area (Å²) in [7, 11) is 0. The third-order valence-corrected chi connectivity index (χ3v) is 7.63. The Balaban J connectivity index is 1.92. The Morgan fingerprint density at radius 2 is 1.81 bits per heavy atom. The molecule has 2 heterocycles. The minimum atomic E-state index is -0.187. The molecular weight excluding hydrogens is 436 g/mol. The molecule has 1 aliphatic heterocycles. The number of hydrogen-bond acceptors (Lipinski definition) is 4. The maximum atomic E-state index is 6.68. The number of aryl methyl sites for hydroxylation is 2. The molecule has 0 fully saturated rings. The number of nitrogens with zero attached hydrogens (tertiary/aromatic N) is 4. The van der Waals surface area contributed by atoms with E-state index in [-0.39, 0.29) is 5.38 Å². The molecule has 2 aromatic carbocycles. The third-order valence-electron chi connectivity index (χ3n) is 5.92. The minimum absolute atomic E-state index is 0.187. The van der Waals surface area contributed by atoms with Crippen LogP contribution in [0.25, 0.3) is 5.69 Å². The Hall–Kier alpha value is -2.11. The minimum Gasteiger partial charge on any atom is -0.279 e. The SMILES string of the molecule is CCCSc1ccc2c(c1)-n1c(nnc1C(Cl)CC)CN=C2c1ccc(CC)cc1CC. The van der Waals surface area contributed by atoms with Gasteiger partial charge < -0.3 is 0 Å². The quantitative estimate of drug-likeness (QED) is 0.267. The van der Waals surface area contributed by atoms with Gasteiger partial charge in [0.15, 0.2) is 11.6 Å². The molecule has 6 heteroatoms. The van der Waals surface area contributed by atoms with Crippen LogP contribution >= 0.6 is 23.4 Å². The van der Waals surface area contributed by atoms with Crippen LogP contribution in [0.15, 0.2) is 46.3 Å². The molecule has 0 bridgehead atoms. The van der Waals surface area contributed by atoms with Gasteiger partial charge >= 0.3 is 0 Å². The largest absolute Gasteiger partial charge is 0.279 e. The fraction of sp³-hybridized carbons (Fsp3) is 0.423. The van der Waals surface area contributed by atoms with Crippen molar-refractivity contribution in [3.05, 3.63) is 70.3 Å². The normalized spacial score (nSPS) is 13.8. The zero-order chi connectivity index (χ0) is 22.7. The second kappa shape index (κ2) is 10.2. The van der Waals surface area contributed by atoms with E-state index >= 15 is 0 Å². The van der Waals surface area contributed by atoms with Gasteiger partial charge in [0, 0.05) is 16.0 Å². The molecule has 0 spiro atoms. The van der Waals surface area contributed by atoms with Crippen molar-refractivity contribution in [2.24, 2.45) is 4.99 Å². The summed E-state index contributed by atoms with van der Waals surface area (Å²) >= 11 is 8.56. The molecule has 3 aromatic rings. The first kappa shape index (κ1) is 23.1. The Kier molecular flexibility index (Phi) is 7.37. The molecule has 0 aliphatic carbocycles. The number of rotatable bonds is 8. The van der Waals surface area contributed by atoms with Crippen molar-refractivity contribution in [3.63, 3.8) is 0 Å². The number of benzene rings is 2. The Bertz CT molecular complexity index is 1130. The first-order valence-electron chi connectivity index (χ1n) is 11.6. The van der Waals surface area contributed by atoms with Crippen molar-refractivity contribution < 1.29 is 0 Å². The summed E-state index contributed by atoms with van der Waals surface area (Å²) in [6.45, 7) is 9.19. The maximum Gasteiger partial charge on any atom is 0.159 e. The maximum absolute atomic E-state index is 6.68. The van der Waals surface area contributed by atoms with E-state index in [9.17, 15) is 0 Å². The van der Waals surface area contributed by atoms with Crippen LogP contribution in [0.4, 0.5) is 0 Å². The van der Waals surface area contributed by atoms with Crippen LogP contribution < -0.4 is 0 Å². The standard InChI is InChI=1S/C26H31ClN4S/c1-5-13-32-19-10-12-21-23(15-19)31-24(29-30-26(31)22(27)8-4)16-28-25(21)20-11-9-17(6-2)14-18(20)7-3/h9-12,14-15,22H,5-8,13,16H2,1-4H3. The smallest absolute Gasteiger partial charge is 0.159 e. The van der Waals surface area contributed by atoms with Gasteiger partial charge in [-0.25, -0.2) is 0 Å². The van der Waals surface area contributed by atoms with Crippen LogP contribution in [-0.4, -0.2) is 26.2 Å². The Morgan fingerprint density at radius 1 is 1.00 bits per heavy atom. The van der Waals surface area contributed by atoms with Gasteiger partial charge in [0.05, 0.1) is 16.8 Å². The van der Waals surface area contributed by atoms with Crippen LogP contribution in [0, 0.1) is 0 Å².